The van der Waals surface area contributed by atoms with Gasteiger partial charge in [-0.15, -0.1) is 0 Å². The molecule has 0 aromatic heterocycles. The van der Waals surface area contributed by atoms with Gasteiger partial charge < -0.3 is 4.74 Å². The number of rotatable bonds is 4. The first-order chi connectivity index (χ1) is 9.47. The number of hydrogen-bond donors (Lipinski definition) is 0. The monoisotopic (exact) mass is 272 g/mol. The predicted octanol–water partition coefficient (Wildman–Crippen LogP) is 4.14. The Labute approximate surface area is 118 Å². The maximum absolute atomic E-state index is 13.4. The molecule has 2 aromatic rings. The minimum Gasteiger partial charge on any atom is -0.458 e. The lowest BCUT2D eigenvalue weighted by Gasteiger charge is -2.13. The lowest BCUT2D eigenvalue weighted by Crippen LogP contribution is -2.28. The van der Waals surface area contributed by atoms with E-state index in [0.717, 1.165) is 16.7 Å². The summed E-state index contributed by atoms with van der Waals surface area (Å²) in [5, 5.41) is 0. The zero-order chi connectivity index (χ0) is 14.6. The number of hydrogen-bond acceptors (Lipinski definition) is 2. The molecule has 104 valence electrons. The van der Waals surface area contributed by atoms with E-state index in [1.54, 1.807) is 0 Å². The highest BCUT2D eigenvalue weighted by atomic mass is 19.1. The average molecular weight is 272 g/mol. The van der Waals surface area contributed by atoms with Crippen LogP contribution in [0.1, 0.15) is 19.4 Å². The van der Waals surface area contributed by atoms with Crippen LogP contribution in [0.25, 0.3) is 11.1 Å². The number of ether oxygens (including phenoxy) is 1. The number of carbonyl (C=O) groups is 1. The van der Waals surface area contributed by atoms with Gasteiger partial charge in [-0.3, -0.25) is 0 Å². The van der Waals surface area contributed by atoms with Gasteiger partial charge in [-0.1, -0.05) is 48.5 Å². The fourth-order valence-corrected chi connectivity index (χ4v) is 1.79. The first-order valence-electron chi connectivity index (χ1n) is 6.47. The van der Waals surface area contributed by atoms with Gasteiger partial charge in [0.05, 0.1) is 0 Å². The molecule has 2 nitrogen and oxygen atoms in total. The summed E-state index contributed by atoms with van der Waals surface area (Å²) in [4.78, 5) is 11.4. The molecule has 0 unspecified atom stereocenters. The van der Waals surface area contributed by atoms with Crippen LogP contribution in [0.15, 0.2) is 54.6 Å². The van der Waals surface area contributed by atoms with Crippen molar-refractivity contribution in [1.82, 2.24) is 0 Å². The summed E-state index contributed by atoms with van der Waals surface area (Å²) in [7, 11) is 0. The molecular weight excluding hydrogens is 255 g/mol. The van der Waals surface area contributed by atoms with E-state index in [9.17, 15) is 9.18 Å². The Balaban J connectivity index is 2.10. The summed E-state index contributed by atoms with van der Waals surface area (Å²) in [6.07, 6.45) is 0. The van der Waals surface area contributed by atoms with Crippen LogP contribution < -0.4 is 0 Å². The topological polar surface area (TPSA) is 26.3 Å². The first kappa shape index (κ1) is 14.3. The maximum atomic E-state index is 13.4. The third-order valence-electron chi connectivity index (χ3n) is 2.89. The summed E-state index contributed by atoms with van der Waals surface area (Å²) in [5.41, 5.74) is 1.01. The van der Waals surface area contributed by atoms with Gasteiger partial charge in [-0.05, 0) is 36.6 Å². The molecule has 0 heterocycles. The van der Waals surface area contributed by atoms with Crippen molar-refractivity contribution in [2.24, 2.45) is 0 Å². The summed E-state index contributed by atoms with van der Waals surface area (Å²) in [5.74, 6) is -0.845. The summed E-state index contributed by atoms with van der Waals surface area (Å²) >= 11 is 0. The lowest BCUT2D eigenvalue weighted by molar-refractivity contribution is -0.156. The molecule has 0 bridgehead atoms. The molecule has 0 spiro atoms. The highest BCUT2D eigenvalue weighted by molar-refractivity contribution is 5.78. The van der Waals surface area contributed by atoms with Crippen LogP contribution in [-0.4, -0.2) is 11.6 Å². The molecule has 0 fully saturated rings. The number of carbonyl (C=O) groups excluding carboxylic acids is 1. The first-order valence-corrected chi connectivity index (χ1v) is 6.47. The number of benzene rings is 2. The second-order valence-corrected chi connectivity index (χ2v) is 5.11. The van der Waals surface area contributed by atoms with Crippen molar-refractivity contribution in [3.8, 4) is 11.1 Å². The Bertz CT molecular complexity index is 585. The van der Waals surface area contributed by atoms with Crippen molar-refractivity contribution in [3.05, 3.63) is 60.2 Å². The maximum Gasteiger partial charge on any atom is 0.343 e. The summed E-state index contributed by atoms with van der Waals surface area (Å²) < 4.78 is 18.3. The number of esters is 1. The van der Waals surface area contributed by atoms with Gasteiger partial charge in [0.2, 0.25) is 5.67 Å². The van der Waals surface area contributed by atoms with Crippen molar-refractivity contribution in [1.29, 1.82) is 0 Å². The van der Waals surface area contributed by atoms with Gasteiger partial charge >= 0.3 is 5.97 Å². The third kappa shape index (κ3) is 3.67. The molecule has 0 aliphatic carbocycles. The lowest BCUT2D eigenvalue weighted by atomic mass is 10.0. The highest BCUT2D eigenvalue weighted by Gasteiger charge is 2.28. The summed E-state index contributed by atoms with van der Waals surface area (Å²) in [6, 6.07) is 17.6. The van der Waals surface area contributed by atoms with Crippen LogP contribution >= 0.6 is 0 Å². The van der Waals surface area contributed by atoms with Crippen molar-refractivity contribution in [2.75, 3.05) is 0 Å². The van der Waals surface area contributed by atoms with E-state index >= 15 is 0 Å². The molecule has 0 amide bonds. The molecule has 3 heteroatoms. The largest absolute Gasteiger partial charge is 0.458 e. The SMILES string of the molecule is CC(C)(F)C(=O)OCc1cccc(-c2ccccc2)c1. The molecule has 2 aromatic carbocycles. The smallest absolute Gasteiger partial charge is 0.343 e. The molecule has 0 aliphatic rings. The Hall–Kier alpha value is -2.16. The van der Waals surface area contributed by atoms with Crippen molar-refractivity contribution in [2.45, 2.75) is 26.1 Å². The van der Waals surface area contributed by atoms with Crippen molar-refractivity contribution >= 4 is 5.97 Å². The third-order valence-corrected chi connectivity index (χ3v) is 2.89. The van der Waals surface area contributed by atoms with E-state index in [-0.39, 0.29) is 6.61 Å². The van der Waals surface area contributed by atoms with E-state index < -0.39 is 11.6 Å². The fraction of sp³-hybridized carbons (Fsp3) is 0.235. The molecule has 0 N–H and O–H groups in total. The fourth-order valence-electron chi connectivity index (χ4n) is 1.79. The van der Waals surface area contributed by atoms with Crippen LogP contribution in [0.3, 0.4) is 0 Å². The van der Waals surface area contributed by atoms with Crippen molar-refractivity contribution < 1.29 is 13.9 Å². The van der Waals surface area contributed by atoms with Crippen LogP contribution in [0.2, 0.25) is 0 Å². The predicted molar refractivity (Wildman–Crippen MR) is 76.9 cm³/mol. The molecule has 0 saturated carbocycles. The van der Waals surface area contributed by atoms with Gasteiger partial charge in [-0.2, -0.15) is 0 Å². The van der Waals surface area contributed by atoms with E-state index in [4.69, 9.17) is 4.74 Å². The van der Waals surface area contributed by atoms with Crippen LogP contribution in [0, 0.1) is 0 Å². The zero-order valence-corrected chi connectivity index (χ0v) is 11.6. The van der Waals surface area contributed by atoms with Gasteiger partial charge in [0, 0.05) is 0 Å². The second kappa shape index (κ2) is 5.87. The van der Waals surface area contributed by atoms with E-state index in [1.165, 1.54) is 13.8 Å². The molecule has 0 saturated heterocycles. The quantitative estimate of drug-likeness (QED) is 0.782. The van der Waals surface area contributed by atoms with Crippen LogP contribution in [0.5, 0.6) is 0 Å². The minimum atomic E-state index is -1.96. The highest BCUT2D eigenvalue weighted by Crippen LogP contribution is 2.21. The molecule has 20 heavy (non-hydrogen) atoms. The van der Waals surface area contributed by atoms with E-state index in [2.05, 4.69) is 0 Å². The van der Waals surface area contributed by atoms with Gasteiger partial charge in [-0.25, -0.2) is 9.18 Å². The normalized spacial score (nSPS) is 11.2. The van der Waals surface area contributed by atoms with Crippen LogP contribution in [-0.2, 0) is 16.1 Å². The molecule has 0 radical (unpaired) electrons. The summed E-state index contributed by atoms with van der Waals surface area (Å²) in [6.45, 7) is 2.46. The van der Waals surface area contributed by atoms with Crippen molar-refractivity contribution in [3.63, 3.8) is 0 Å². The van der Waals surface area contributed by atoms with Gasteiger partial charge in [0.25, 0.3) is 0 Å². The molecular formula is C17H17FO2. The van der Waals surface area contributed by atoms with Gasteiger partial charge in [0.15, 0.2) is 0 Å². The number of halogens is 1. The van der Waals surface area contributed by atoms with E-state index in [1.807, 2.05) is 54.6 Å². The standard InChI is InChI=1S/C17H17FO2/c1-17(2,18)16(19)20-12-13-7-6-10-15(11-13)14-8-4-3-5-9-14/h3-11H,12H2,1-2H3. The Morgan fingerprint density at radius 3 is 2.35 bits per heavy atom. The Morgan fingerprint density at radius 1 is 1.05 bits per heavy atom. The molecule has 0 atom stereocenters. The Morgan fingerprint density at radius 2 is 1.70 bits per heavy atom. The van der Waals surface area contributed by atoms with Crippen LogP contribution in [0.4, 0.5) is 4.39 Å². The average Bonchev–Trinajstić information content (AvgIpc) is 2.45. The van der Waals surface area contributed by atoms with Gasteiger partial charge in [0.1, 0.15) is 6.61 Å². The van der Waals surface area contributed by atoms with E-state index in [0.29, 0.717) is 0 Å². The Kier molecular flexibility index (Phi) is 4.18. The second-order valence-electron chi connectivity index (χ2n) is 5.11. The minimum absolute atomic E-state index is 0.0762. The molecule has 2 rings (SSSR count). The zero-order valence-electron chi connectivity index (χ0n) is 11.6. The number of alkyl halides is 1. The molecule has 0 aliphatic heterocycles.